The van der Waals surface area contributed by atoms with E-state index in [1.165, 1.54) is 10.5 Å². The molecule has 29 heavy (non-hydrogen) atoms. The molecule has 4 aromatic rings. The van der Waals surface area contributed by atoms with Crippen molar-refractivity contribution in [1.82, 2.24) is 9.38 Å². The molecule has 0 bridgehead atoms. The van der Waals surface area contributed by atoms with Crippen LogP contribution in [0.2, 0.25) is 0 Å². The Morgan fingerprint density at radius 1 is 0.966 bits per heavy atom. The smallest absolute Gasteiger partial charge is 0.338 e. The number of aryl methyl sites for hydroxylation is 1. The van der Waals surface area contributed by atoms with Crippen LogP contribution in [0.25, 0.3) is 5.65 Å². The van der Waals surface area contributed by atoms with Crippen molar-refractivity contribution in [2.45, 2.75) is 13.5 Å². The van der Waals surface area contributed by atoms with E-state index in [0.717, 1.165) is 5.56 Å². The topological polar surface area (TPSA) is 69.9 Å². The van der Waals surface area contributed by atoms with E-state index in [1.807, 2.05) is 43.3 Å². The molecule has 6 heteroatoms. The molecule has 0 spiro atoms. The molecule has 6 nitrogen and oxygen atoms in total. The highest BCUT2D eigenvalue weighted by Crippen LogP contribution is 2.22. The maximum atomic E-state index is 12.4. The summed E-state index contributed by atoms with van der Waals surface area (Å²) in [6.45, 7) is 1.83. The fourth-order valence-corrected chi connectivity index (χ4v) is 2.86. The number of hydrogen-bond acceptors (Lipinski definition) is 5. The number of ether oxygens (including phenoxy) is 2. The van der Waals surface area contributed by atoms with Gasteiger partial charge in [-0.3, -0.25) is 9.20 Å². The maximum absolute atomic E-state index is 12.4. The zero-order chi connectivity index (χ0) is 20.2. The third kappa shape index (κ3) is 4.32. The Hall–Kier alpha value is -3.93. The summed E-state index contributed by atoms with van der Waals surface area (Å²) >= 11 is 0. The summed E-state index contributed by atoms with van der Waals surface area (Å²) in [5.74, 6) is 0.687. The Kier molecular flexibility index (Phi) is 5.07. The molecule has 0 atom stereocenters. The number of nitrogens with zero attached hydrogens (tertiary/aromatic N) is 2. The number of rotatable bonds is 5. The first-order valence-corrected chi connectivity index (χ1v) is 9.07. The number of carbonyl (C=O) groups excluding carboxylic acids is 1. The van der Waals surface area contributed by atoms with E-state index in [0.29, 0.717) is 28.4 Å². The number of pyridine rings is 1. The van der Waals surface area contributed by atoms with Crippen LogP contribution in [0.1, 0.15) is 21.6 Å². The van der Waals surface area contributed by atoms with Crippen molar-refractivity contribution in [3.8, 4) is 11.5 Å². The van der Waals surface area contributed by atoms with Crippen molar-refractivity contribution in [2.24, 2.45) is 0 Å². The molecule has 2 aromatic carbocycles. The van der Waals surface area contributed by atoms with Gasteiger partial charge in [-0.2, -0.15) is 0 Å². The van der Waals surface area contributed by atoms with Gasteiger partial charge in [0.25, 0.3) is 5.56 Å². The number of aromatic nitrogens is 2. The van der Waals surface area contributed by atoms with Crippen LogP contribution in [-0.2, 0) is 11.3 Å². The van der Waals surface area contributed by atoms with Crippen molar-refractivity contribution in [3.05, 3.63) is 106 Å². The predicted octanol–water partition coefficient (Wildman–Crippen LogP) is 4.15. The molecule has 0 amide bonds. The fourth-order valence-electron chi connectivity index (χ4n) is 2.86. The normalized spacial score (nSPS) is 10.7. The Morgan fingerprint density at radius 2 is 1.76 bits per heavy atom. The second-order valence-corrected chi connectivity index (χ2v) is 6.54. The molecule has 2 aromatic heterocycles. The van der Waals surface area contributed by atoms with Gasteiger partial charge in [0.05, 0.1) is 11.3 Å². The van der Waals surface area contributed by atoms with Gasteiger partial charge >= 0.3 is 5.97 Å². The molecule has 144 valence electrons. The van der Waals surface area contributed by atoms with Crippen LogP contribution in [0.15, 0.2) is 83.8 Å². The number of para-hydroxylation sites is 1. The summed E-state index contributed by atoms with van der Waals surface area (Å²) in [4.78, 5) is 29.0. The average Bonchev–Trinajstić information content (AvgIpc) is 2.72. The number of benzene rings is 2. The summed E-state index contributed by atoms with van der Waals surface area (Å²) in [7, 11) is 0. The molecule has 0 saturated carbocycles. The summed E-state index contributed by atoms with van der Waals surface area (Å²) in [6, 6.07) is 21.0. The van der Waals surface area contributed by atoms with Crippen LogP contribution in [0.4, 0.5) is 0 Å². The average molecular weight is 386 g/mol. The van der Waals surface area contributed by atoms with Crippen molar-refractivity contribution in [3.63, 3.8) is 0 Å². The van der Waals surface area contributed by atoms with Crippen LogP contribution < -0.4 is 10.3 Å². The minimum atomic E-state index is -0.519. The summed E-state index contributed by atoms with van der Waals surface area (Å²) in [5, 5.41) is 0. The lowest BCUT2D eigenvalue weighted by molar-refractivity contribution is 0.0467. The lowest BCUT2D eigenvalue weighted by Gasteiger charge is -2.08. The number of hydrogen-bond donors (Lipinski definition) is 0. The zero-order valence-corrected chi connectivity index (χ0v) is 15.7. The monoisotopic (exact) mass is 386 g/mol. The standard InChI is InChI=1S/C23H18N2O4/c1-16-10-11-25-21(12-16)24-18(14-22(25)26)15-28-23(27)17-6-5-9-20(13-17)29-19-7-3-2-4-8-19/h2-14H,15H2,1H3. The third-order valence-electron chi connectivity index (χ3n) is 4.28. The van der Waals surface area contributed by atoms with E-state index in [2.05, 4.69) is 4.98 Å². The quantitative estimate of drug-likeness (QED) is 0.482. The lowest BCUT2D eigenvalue weighted by Crippen LogP contribution is -2.16. The molecule has 0 unspecified atom stereocenters. The minimum absolute atomic E-state index is 0.0950. The highest BCUT2D eigenvalue weighted by molar-refractivity contribution is 5.89. The first-order chi connectivity index (χ1) is 14.1. The Bertz CT molecular complexity index is 1230. The van der Waals surface area contributed by atoms with Crippen LogP contribution >= 0.6 is 0 Å². The predicted molar refractivity (Wildman–Crippen MR) is 108 cm³/mol. The van der Waals surface area contributed by atoms with Crippen molar-refractivity contribution in [2.75, 3.05) is 0 Å². The Balaban J connectivity index is 1.48. The molecular weight excluding hydrogens is 368 g/mol. The van der Waals surface area contributed by atoms with E-state index in [4.69, 9.17) is 9.47 Å². The van der Waals surface area contributed by atoms with Crippen molar-refractivity contribution >= 4 is 11.6 Å². The van der Waals surface area contributed by atoms with Crippen LogP contribution in [-0.4, -0.2) is 15.4 Å². The van der Waals surface area contributed by atoms with Gasteiger partial charge in [-0.05, 0) is 55.0 Å². The van der Waals surface area contributed by atoms with Crippen LogP contribution in [0.3, 0.4) is 0 Å². The first-order valence-electron chi connectivity index (χ1n) is 9.07. The third-order valence-corrected chi connectivity index (χ3v) is 4.28. The molecule has 0 aliphatic heterocycles. The van der Waals surface area contributed by atoms with Gasteiger partial charge in [0.2, 0.25) is 0 Å². The Morgan fingerprint density at radius 3 is 2.59 bits per heavy atom. The molecule has 0 aliphatic carbocycles. The largest absolute Gasteiger partial charge is 0.457 e. The fraction of sp³-hybridized carbons (Fsp3) is 0.0870. The van der Waals surface area contributed by atoms with Crippen LogP contribution in [0, 0.1) is 6.92 Å². The molecule has 0 radical (unpaired) electrons. The highest BCUT2D eigenvalue weighted by Gasteiger charge is 2.11. The van der Waals surface area contributed by atoms with E-state index >= 15 is 0 Å². The van der Waals surface area contributed by atoms with E-state index in [1.54, 1.807) is 36.5 Å². The van der Waals surface area contributed by atoms with Crippen molar-refractivity contribution < 1.29 is 14.3 Å². The van der Waals surface area contributed by atoms with Gasteiger partial charge in [0, 0.05) is 12.3 Å². The van der Waals surface area contributed by atoms with Gasteiger partial charge in [-0.25, -0.2) is 9.78 Å². The van der Waals surface area contributed by atoms with Gasteiger partial charge in [0.1, 0.15) is 23.8 Å². The molecule has 0 aliphatic rings. The first kappa shape index (κ1) is 18.4. The second kappa shape index (κ2) is 7.98. The lowest BCUT2D eigenvalue weighted by atomic mass is 10.2. The molecule has 4 rings (SSSR count). The molecule has 0 saturated heterocycles. The van der Waals surface area contributed by atoms with Gasteiger partial charge < -0.3 is 9.47 Å². The van der Waals surface area contributed by atoms with Crippen molar-refractivity contribution in [1.29, 1.82) is 0 Å². The van der Waals surface area contributed by atoms with Gasteiger partial charge in [-0.1, -0.05) is 24.3 Å². The summed E-state index contributed by atoms with van der Waals surface area (Å²) < 4.78 is 12.5. The number of fused-ring (bicyclic) bond motifs is 1. The van der Waals surface area contributed by atoms with E-state index in [9.17, 15) is 9.59 Å². The van der Waals surface area contributed by atoms with Gasteiger partial charge in [0.15, 0.2) is 0 Å². The number of esters is 1. The van der Waals surface area contributed by atoms with E-state index in [-0.39, 0.29) is 12.2 Å². The number of carbonyl (C=O) groups is 1. The molecule has 0 fully saturated rings. The van der Waals surface area contributed by atoms with Crippen LogP contribution in [0.5, 0.6) is 11.5 Å². The maximum Gasteiger partial charge on any atom is 0.338 e. The van der Waals surface area contributed by atoms with E-state index < -0.39 is 5.97 Å². The molecular formula is C23H18N2O4. The molecule has 0 N–H and O–H groups in total. The second-order valence-electron chi connectivity index (χ2n) is 6.54. The Labute approximate surface area is 167 Å². The van der Waals surface area contributed by atoms with Gasteiger partial charge in [-0.15, -0.1) is 0 Å². The summed E-state index contributed by atoms with van der Waals surface area (Å²) in [5.41, 5.74) is 2.03. The minimum Gasteiger partial charge on any atom is -0.457 e. The zero-order valence-electron chi connectivity index (χ0n) is 15.7. The SMILES string of the molecule is Cc1ccn2c(=O)cc(COC(=O)c3cccc(Oc4ccccc4)c3)nc2c1. The molecule has 2 heterocycles. The highest BCUT2D eigenvalue weighted by atomic mass is 16.5. The summed E-state index contributed by atoms with van der Waals surface area (Å²) in [6.07, 6.45) is 1.67.